The molecule has 0 spiro atoms. The SMILES string of the molecule is Cc1[nH]ccc1C(=O)NC(c1nccn1C)C1CC1. The number of aryl methyl sites for hydroxylation is 2. The highest BCUT2D eigenvalue weighted by atomic mass is 16.1. The van der Waals surface area contributed by atoms with E-state index >= 15 is 0 Å². The summed E-state index contributed by atoms with van der Waals surface area (Å²) in [4.78, 5) is 19.7. The first-order valence-corrected chi connectivity index (χ1v) is 6.59. The van der Waals surface area contributed by atoms with E-state index in [9.17, 15) is 4.79 Å². The van der Waals surface area contributed by atoms with Crippen LogP contribution < -0.4 is 5.32 Å². The van der Waals surface area contributed by atoms with Gasteiger partial charge in [-0.3, -0.25) is 4.79 Å². The molecule has 5 heteroatoms. The third kappa shape index (κ3) is 2.28. The molecule has 0 aromatic carbocycles. The Balaban J connectivity index is 1.81. The minimum atomic E-state index is -0.0290. The smallest absolute Gasteiger partial charge is 0.253 e. The van der Waals surface area contributed by atoms with E-state index < -0.39 is 0 Å². The number of rotatable bonds is 4. The molecule has 1 aliphatic rings. The molecule has 0 radical (unpaired) electrons. The van der Waals surface area contributed by atoms with Crippen LogP contribution >= 0.6 is 0 Å². The molecule has 2 N–H and O–H groups in total. The van der Waals surface area contributed by atoms with Gasteiger partial charge < -0.3 is 14.9 Å². The number of aromatic nitrogens is 3. The highest BCUT2D eigenvalue weighted by Gasteiger charge is 2.36. The minimum Gasteiger partial charge on any atom is -0.365 e. The minimum absolute atomic E-state index is 0.0156. The fourth-order valence-corrected chi connectivity index (χ4v) is 2.42. The van der Waals surface area contributed by atoms with Gasteiger partial charge in [0.15, 0.2) is 0 Å². The summed E-state index contributed by atoms with van der Waals surface area (Å²) < 4.78 is 1.98. The van der Waals surface area contributed by atoms with Gasteiger partial charge in [0.05, 0.1) is 11.6 Å². The van der Waals surface area contributed by atoms with Crippen LogP contribution in [-0.2, 0) is 7.05 Å². The fourth-order valence-electron chi connectivity index (χ4n) is 2.42. The third-order valence-electron chi connectivity index (χ3n) is 3.72. The Morgan fingerprint density at radius 2 is 2.37 bits per heavy atom. The van der Waals surface area contributed by atoms with Crippen molar-refractivity contribution >= 4 is 5.91 Å². The molecular weight excluding hydrogens is 240 g/mol. The Labute approximate surface area is 112 Å². The number of carbonyl (C=O) groups is 1. The second-order valence-corrected chi connectivity index (χ2v) is 5.20. The summed E-state index contributed by atoms with van der Waals surface area (Å²) in [5, 5.41) is 3.12. The van der Waals surface area contributed by atoms with Gasteiger partial charge in [0.2, 0.25) is 0 Å². The van der Waals surface area contributed by atoms with Crippen LogP contribution in [-0.4, -0.2) is 20.4 Å². The van der Waals surface area contributed by atoms with Crippen molar-refractivity contribution < 1.29 is 4.79 Å². The van der Waals surface area contributed by atoms with Crippen molar-refractivity contribution in [3.63, 3.8) is 0 Å². The average molecular weight is 258 g/mol. The first-order chi connectivity index (χ1) is 9.16. The van der Waals surface area contributed by atoms with Gasteiger partial charge in [-0.25, -0.2) is 4.98 Å². The molecule has 19 heavy (non-hydrogen) atoms. The number of H-pyrrole nitrogens is 1. The molecule has 0 bridgehead atoms. The molecule has 3 rings (SSSR count). The van der Waals surface area contributed by atoms with Gasteiger partial charge in [-0.15, -0.1) is 0 Å². The van der Waals surface area contributed by atoms with E-state index in [1.54, 1.807) is 12.4 Å². The van der Waals surface area contributed by atoms with Crippen LogP contribution in [0.1, 0.15) is 40.8 Å². The lowest BCUT2D eigenvalue weighted by molar-refractivity contribution is 0.0928. The lowest BCUT2D eigenvalue weighted by Gasteiger charge is -2.18. The van der Waals surface area contributed by atoms with Crippen LogP contribution in [0, 0.1) is 12.8 Å². The van der Waals surface area contributed by atoms with Gasteiger partial charge in [-0.1, -0.05) is 0 Å². The van der Waals surface area contributed by atoms with Crippen molar-refractivity contribution in [1.29, 1.82) is 0 Å². The maximum atomic E-state index is 12.3. The summed E-state index contributed by atoms with van der Waals surface area (Å²) in [6.07, 6.45) is 7.79. The lowest BCUT2D eigenvalue weighted by atomic mass is 10.1. The molecule has 1 aliphatic carbocycles. The van der Waals surface area contributed by atoms with Crippen LogP contribution in [0.5, 0.6) is 0 Å². The average Bonchev–Trinajstić information content (AvgIpc) is 3.00. The van der Waals surface area contributed by atoms with Crippen molar-refractivity contribution in [3.05, 3.63) is 41.7 Å². The zero-order valence-corrected chi connectivity index (χ0v) is 11.2. The van der Waals surface area contributed by atoms with Crippen LogP contribution in [0.2, 0.25) is 0 Å². The Kier molecular flexibility index (Phi) is 2.89. The normalized spacial score (nSPS) is 16.3. The molecule has 1 unspecified atom stereocenters. The second-order valence-electron chi connectivity index (χ2n) is 5.20. The van der Waals surface area contributed by atoms with Gasteiger partial charge in [0.1, 0.15) is 5.82 Å². The van der Waals surface area contributed by atoms with Crippen LogP contribution in [0.15, 0.2) is 24.7 Å². The van der Waals surface area contributed by atoms with E-state index in [-0.39, 0.29) is 11.9 Å². The molecule has 1 saturated carbocycles. The van der Waals surface area contributed by atoms with Crippen LogP contribution in [0.25, 0.3) is 0 Å². The van der Waals surface area contributed by atoms with Gasteiger partial charge in [0, 0.05) is 31.3 Å². The predicted octanol–water partition coefficient (Wildman–Crippen LogP) is 1.94. The molecule has 1 fully saturated rings. The maximum Gasteiger partial charge on any atom is 0.253 e. The molecule has 1 amide bonds. The number of carbonyl (C=O) groups excluding carboxylic acids is 1. The maximum absolute atomic E-state index is 12.3. The van der Waals surface area contributed by atoms with Crippen LogP contribution in [0.3, 0.4) is 0 Å². The number of nitrogens with zero attached hydrogens (tertiary/aromatic N) is 2. The van der Waals surface area contributed by atoms with Gasteiger partial charge >= 0.3 is 0 Å². The molecular formula is C14H18N4O. The first-order valence-electron chi connectivity index (χ1n) is 6.59. The zero-order chi connectivity index (χ0) is 13.4. The summed E-state index contributed by atoms with van der Waals surface area (Å²) in [5.41, 5.74) is 1.60. The molecule has 100 valence electrons. The number of hydrogen-bond acceptors (Lipinski definition) is 2. The quantitative estimate of drug-likeness (QED) is 0.880. The topological polar surface area (TPSA) is 62.7 Å². The number of hydrogen-bond donors (Lipinski definition) is 2. The molecule has 0 saturated heterocycles. The second kappa shape index (κ2) is 4.57. The zero-order valence-electron chi connectivity index (χ0n) is 11.2. The largest absolute Gasteiger partial charge is 0.365 e. The number of amides is 1. The number of imidazole rings is 1. The van der Waals surface area contributed by atoms with E-state index in [1.807, 2.05) is 30.8 Å². The van der Waals surface area contributed by atoms with Crippen molar-refractivity contribution in [2.75, 3.05) is 0 Å². The van der Waals surface area contributed by atoms with E-state index in [0.29, 0.717) is 11.5 Å². The first kappa shape index (κ1) is 12.0. The van der Waals surface area contributed by atoms with Gasteiger partial charge in [0.25, 0.3) is 5.91 Å². The van der Waals surface area contributed by atoms with Gasteiger partial charge in [-0.2, -0.15) is 0 Å². The Morgan fingerprint density at radius 1 is 1.58 bits per heavy atom. The van der Waals surface area contributed by atoms with E-state index in [2.05, 4.69) is 15.3 Å². The Morgan fingerprint density at radius 3 is 2.89 bits per heavy atom. The molecule has 2 heterocycles. The summed E-state index contributed by atoms with van der Waals surface area (Å²) >= 11 is 0. The monoisotopic (exact) mass is 258 g/mol. The highest BCUT2D eigenvalue weighted by Crippen LogP contribution is 2.40. The third-order valence-corrected chi connectivity index (χ3v) is 3.72. The summed E-state index contributed by atoms with van der Waals surface area (Å²) in [6, 6.07) is 1.83. The van der Waals surface area contributed by atoms with E-state index in [0.717, 1.165) is 24.4 Å². The molecule has 0 aliphatic heterocycles. The number of nitrogens with one attached hydrogen (secondary N) is 2. The molecule has 1 atom stereocenters. The predicted molar refractivity (Wildman–Crippen MR) is 71.7 cm³/mol. The summed E-state index contributed by atoms with van der Waals surface area (Å²) in [7, 11) is 1.96. The molecule has 2 aromatic heterocycles. The molecule has 5 nitrogen and oxygen atoms in total. The fraction of sp³-hybridized carbons (Fsp3) is 0.429. The van der Waals surface area contributed by atoms with Crippen molar-refractivity contribution in [2.45, 2.75) is 25.8 Å². The van der Waals surface area contributed by atoms with Crippen molar-refractivity contribution in [2.24, 2.45) is 13.0 Å². The van der Waals surface area contributed by atoms with E-state index in [4.69, 9.17) is 0 Å². The summed E-state index contributed by atoms with van der Waals surface area (Å²) in [5.74, 6) is 1.42. The highest BCUT2D eigenvalue weighted by molar-refractivity contribution is 5.95. The number of aromatic amines is 1. The van der Waals surface area contributed by atoms with Gasteiger partial charge in [-0.05, 0) is 31.7 Å². The van der Waals surface area contributed by atoms with Crippen molar-refractivity contribution in [3.8, 4) is 0 Å². The standard InChI is InChI=1S/C14H18N4O/c1-9-11(5-6-15-9)14(19)17-12(10-3-4-10)13-16-7-8-18(13)2/h5-8,10,12,15H,3-4H2,1-2H3,(H,17,19). The Bertz CT molecular complexity index is 594. The molecule has 2 aromatic rings. The van der Waals surface area contributed by atoms with E-state index in [1.165, 1.54) is 0 Å². The van der Waals surface area contributed by atoms with Crippen LogP contribution in [0.4, 0.5) is 0 Å². The lowest BCUT2D eigenvalue weighted by Crippen LogP contribution is -2.31. The Hall–Kier alpha value is -2.04. The summed E-state index contributed by atoms with van der Waals surface area (Å²) in [6.45, 7) is 1.90. The van der Waals surface area contributed by atoms with Crippen molar-refractivity contribution in [1.82, 2.24) is 19.9 Å².